The lowest BCUT2D eigenvalue weighted by Crippen LogP contribution is -2.33. The molecule has 0 amide bonds. The lowest BCUT2D eigenvalue weighted by Gasteiger charge is -2.10. The van der Waals surface area contributed by atoms with Crippen molar-refractivity contribution in [3.8, 4) is 0 Å². The summed E-state index contributed by atoms with van der Waals surface area (Å²) in [4.78, 5) is 10.9. The Labute approximate surface area is 93.8 Å². The third-order valence-corrected chi connectivity index (χ3v) is 2.08. The summed E-state index contributed by atoms with van der Waals surface area (Å²) < 4.78 is 49.8. The second-order valence-electron chi connectivity index (χ2n) is 3.40. The number of rotatable bonds is 2. The van der Waals surface area contributed by atoms with E-state index < -0.39 is 30.5 Å². The van der Waals surface area contributed by atoms with Crippen molar-refractivity contribution in [2.75, 3.05) is 0 Å². The first-order chi connectivity index (χ1) is 7.64. The predicted molar refractivity (Wildman–Crippen MR) is 51.3 cm³/mol. The van der Waals surface area contributed by atoms with Crippen LogP contribution in [0.5, 0.6) is 0 Å². The Morgan fingerprint density at radius 1 is 1.29 bits per heavy atom. The number of aryl methyl sites for hydroxylation is 1. The molecule has 0 aromatic heterocycles. The average molecular weight is 250 g/mol. The molecule has 0 aliphatic rings. The zero-order chi connectivity index (χ0) is 13.4. The summed E-state index contributed by atoms with van der Waals surface area (Å²) in [6.45, 7) is 1.12. The van der Waals surface area contributed by atoms with Crippen molar-refractivity contribution < 1.29 is 32.4 Å². The first-order valence-electron chi connectivity index (χ1n) is 4.42. The van der Waals surface area contributed by atoms with Crippen LogP contribution in [0.15, 0.2) is 12.1 Å². The van der Waals surface area contributed by atoms with E-state index in [1.165, 1.54) is 0 Å². The third kappa shape index (κ3) is 2.83. The molecule has 0 saturated heterocycles. The van der Waals surface area contributed by atoms with Crippen LogP contribution in [0.1, 0.15) is 15.9 Å². The molecule has 0 bridgehead atoms. The topological polar surface area (TPSA) is 57.5 Å². The van der Waals surface area contributed by atoms with E-state index in [-0.39, 0.29) is 11.0 Å². The standard InChI is InChI=1S/C9H7BF4O3/c1-4-2-5(10(16)17)3-6(7(4)11)8(15)9(12,13)14/h2-3,16-17H,1H3. The van der Waals surface area contributed by atoms with Gasteiger partial charge in [0.15, 0.2) is 0 Å². The van der Waals surface area contributed by atoms with E-state index in [9.17, 15) is 22.4 Å². The van der Waals surface area contributed by atoms with Crippen LogP contribution < -0.4 is 5.46 Å². The SMILES string of the molecule is Cc1cc(B(O)O)cc(C(=O)C(F)(F)F)c1F. The number of carbonyl (C=O) groups excluding carboxylic acids is 1. The maximum absolute atomic E-state index is 13.3. The van der Waals surface area contributed by atoms with Gasteiger partial charge >= 0.3 is 13.3 Å². The van der Waals surface area contributed by atoms with Gasteiger partial charge in [0.2, 0.25) is 0 Å². The summed E-state index contributed by atoms with van der Waals surface area (Å²) in [6.07, 6.45) is -5.22. The Morgan fingerprint density at radius 2 is 1.82 bits per heavy atom. The van der Waals surface area contributed by atoms with Crippen LogP contribution in [-0.4, -0.2) is 29.1 Å². The van der Waals surface area contributed by atoms with Gasteiger partial charge in [0.1, 0.15) is 5.82 Å². The fraction of sp³-hybridized carbons (Fsp3) is 0.222. The Kier molecular flexibility index (Phi) is 3.58. The van der Waals surface area contributed by atoms with Crippen molar-refractivity contribution in [3.63, 3.8) is 0 Å². The Morgan fingerprint density at radius 3 is 2.24 bits per heavy atom. The van der Waals surface area contributed by atoms with Gasteiger partial charge in [-0.2, -0.15) is 13.2 Å². The quantitative estimate of drug-likeness (QED) is 0.458. The van der Waals surface area contributed by atoms with E-state index in [0.29, 0.717) is 6.07 Å². The number of halogens is 4. The Hall–Kier alpha value is -1.41. The van der Waals surface area contributed by atoms with Crippen molar-refractivity contribution in [2.24, 2.45) is 0 Å². The molecular weight excluding hydrogens is 243 g/mol. The second-order valence-corrected chi connectivity index (χ2v) is 3.40. The predicted octanol–water partition coefficient (Wildman–Crippen LogP) is 0.559. The van der Waals surface area contributed by atoms with Crippen LogP contribution in [0, 0.1) is 12.7 Å². The fourth-order valence-electron chi connectivity index (χ4n) is 1.26. The van der Waals surface area contributed by atoms with Gasteiger partial charge in [-0.25, -0.2) is 4.39 Å². The molecule has 17 heavy (non-hydrogen) atoms. The van der Waals surface area contributed by atoms with Crippen molar-refractivity contribution in [2.45, 2.75) is 13.1 Å². The zero-order valence-corrected chi connectivity index (χ0v) is 8.55. The van der Waals surface area contributed by atoms with E-state index in [1.807, 2.05) is 0 Å². The monoisotopic (exact) mass is 250 g/mol. The highest BCUT2D eigenvalue weighted by atomic mass is 19.4. The number of ketones is 1. The van der Waals surface area contributed by atoms with Gasteiger partial charge in [-0.15, -0.1) is 0 Å². The van der Waals surface area contributed by atoms with Gasteiger partial charge in [-0.3, -0.25) is 4.79 Å². The molecule has 0 saturated carbocycles. The first-order valence-corrected chi connectivity index (χ1v) is 4.42. The van der Waals surface area contributed by atoms with E-state index in [0.717, 1.165) is 13.0 Å². The number of alkyl halides is 3. The van der Waals surface area contributed by atoms with Crippen LogP contribution in [0.4, 0.5) is 17.6 Å². The molecule has 0 aliphatic carbocycles. The number of Topliss-reactive ketones (excluding diaryl/α,β-unsaturated/α-hetero) is 1. The molecule has 1 aromatic rings. The van der Waals surface area contributed by atoms with Gasteiger partial charge in [-0.05, 0) is 24.0 Å². The van der Waals surface area contributed by atoms with Crippen LogP contribution in [-0.2, 0) is 0 Å². The van der Waals surface area contributed by atoms with E-state index in [2.05, 4.69) is 0 Å². The first kappa shape index (κ1) is 13.7. The zero-order valence-electron chi connectivity index (χ0n) is 8.55. The molecule has 3 nitrogen and oxygen atoms in total. The minimum Gasteiger partial charge on any atom is -0.423 e. The van der Waals surface area contributed by atoms with Crippen molar-refractivity contribution >= 4 is 18.4 Å². The molecule has 8 heteroatoms. The Bertz CT molecular complexity index is 456. The van der Waals surface area contributed by atoms with E-state index >= 15 is 0 Å². The van der Waals surface area contributed by atoms with Gasteiger partial charge < -0.3 is 10.0 Å². The summed E-state index contributed by atoms with van der Waals surface area (Å²) in [5, 5.41) is 17.6. The molecule has 1 aromatic carbocycles. The molecule has 2 N–H and O–H groups in total. The number of carbonyl (C=O) groups is 1. The van der Waals surface area contributed by atoms with Crippen LogP contribution in [0.2, 0.25) is 0 Å². The van der Waals surface area contributed by atoms with Crippen LogP contribution >= 0.6 is 0 Å². The highest BCUT2D eigenvalue weighted by Crippen LogP contribution is 2.23. The van der Waals surface area contributed by atoms with Gasteiger partial charge in [0.25, 0.3) is 5.78 Å². The fourth-order valence-corrected chi connectivity index (χ4v) is 1.26. The molecule has 1 rings (SSSR count). The molecule has 0 atom stereocenters. The number of benzene rings is 1. The van der Waals surface area contributed by atoms with E-state index in [4.69, 9.17) is 10.0 Å². The molecule has 0 fully saturated rings. The maximum Gasteiger partial charge on any atom is 0.488 e. The van der Waals surface area contributed by atoms with Crippen molar-refractivity contribution in [1.82, 2.24) is 0 Å². The average Bonchev–Trinajstić information content (AvgIpc) is 2.19. The van der Waals surface area contributed by atoms with E-state index in [1.54, 1.807) is 0 Å². The summed E-state index contributed by atoms with van der Waals surface area (Å²) in [5.74, 6) is -3.68. The summed E-state index contributed by atoms with van der Waals surface area (Å²) in [5.41, 5.74) is -1.87. The Balaban J connectivity index is 3.38. The van der Waals surface area contributed by atoms with Crippen molar-refractivity contribution in [1.29, 1.82) is 0 Å². The minimum absolute atomic E-state index is 0.275. The minimum atomic E-state index is -5.22. The molecule has 0 spiro atoms. The molecule has 92 valence electrons. The molecule has 0 aliphatic heterocycles. The normalized spacial score (nSPS) is 11.5. The van der Waals surface area contributed by atoms with Crippen molar-refractivity contribution in [3.05, 3.63) is 29.1 Å². The molecule has 0 radical (unpaired) electrons. The number of hydrogen-bond donors (Lipinski definition) is 2. The molecule has 0 unspecified atom stereocenters. The summed E-state index contributed by atoms with van der Waals surface area (Å²) in [7, 11) is -2.07. The lowest BCUT2D eigenvalue weighted by molar-refractivity contribution is -0.0887. The summed E-state index contributed by atoms with van der Waals surface area (Å²) >= 11 is 0. The maximum atomic E-state index is 13.3. The lowest BCUT2D eigenvalue weighted by atomic mass is 9.78. The highest BCUT2D eigenvalue weighted by Gasteiger charge is 2.41. The highest BCUT2D eigenvalue weighted by molar-refractivity contribution is 6.58. The summed E-state index contributed by atoms with van der Waals surface area (Å²) in [6, 6.07) is 1.43. The number of hydrogen-bond acceptors (Lipinski definition) is 3. The van der Waals surface area contributed by atoms with Gasteiger partial charge in [0.05, 0.1) is 5.56 Å². The molecular formula is C9H7BF4O3. The largest absolute Gasteiger partial charge is 0.488 e. The van der Waals surface area contributed by atoms with Crippen LogP contribution in [0.25, 0.3) is 0 Å². The third-order valence-electron chi connectivity index (χ3n) is 2.08. The second kappa shape index (κ2) is 4.46. The smallest absolute Gasteiger partial charge is 0.423 e. The molecule has 0 heterocycles. The van der Waals surface area contributed by atoms with Gasteiger partial charge in [-0.1, -0.05) is 6.07 Å². The van der Waals surface area contributed by atoms with Crippen LogP contribution in [0.3, 0.4) is 0 Å². The van der Waals surface area contributed by atoms with Gasteiger partial charge in [0, 0.05) is 0 Å².